The number of imidazole rings is 1. The molecule has 7 nitrogen and oxygen atoms in total. The molecule has 4 rings (SSSR count). The number of fused-ring (bicyclic) bond motifs is 1. The molecule has 1 atom stereocenters. The number of carbonyl (C=O) groups excluding carboxylic acids is 1. The average molecular weight is 386 g/mol. The number of ether oxygens (including phenoxy) is 2. The van der Waals surface area contributed by atoms with E-state index in [1.807, 2.05) is 31.9 Å². The molecule has 0 bridgehead atoms. The first-order valence-electron chi connectivity index (χ1n) is 10.3. The van der Waals surface area contributed by atoms with Gasteiger partial charge in [0.1, 0.15) is 17.5 Å². The van der Waals surface area contributed by atoms with Crippen LogP contribution in [-0.4, -0.2) is 51.2 Å². The Morgan fingerprint density at radius 3 is 2.71 bits per heavy atom. The number of hydrogen-bond donors (Lipinski definition) is 1. The Morgan fingerprint density at radius 2 is 2.04 bits per heavy atom. The highest BCUT2D eigenvalue weighted by atomic mass is 16.6. The number of carbonyl (C=O) groups is 1. The van der Waals surface area contributed by atoms with E-state index < -0.39 is 5.60 Å². The summed E-state index contributed by atoms with van der Waals surface area (Å²) >= 11 is 0. The lowest BCUT2D eigenvalue weighted by atomic mass is 9.89. The number of pyridine rings is 1. The number of likely N-dealkylation sites (tertiary alicyclic amines) is 1. The molecule has 152 valence electrons. The summed E-state index contributed by atoms with van der Waals surface area (Å²) < 4.78 is 11.4. The molecule has 0 spiro atoms. The van der Waals surface area contributed by atoms with Crippen molar-refractivity contribution in [3.63, 3.8) is 0 Å². The van der Waals surface area contributed by atoms with E-state index in [-0.39, 0.29) is 12.2 Å². The van der Waals surface area contributed by atoms with Crippen molar-refractivity contribution in [2.24, 2.45) is 0 Å². The van der Waals surface area contributed by atoms with Gasteiger partial charge < -0.3 is 19.4 Å². The number of nitrogens with zero attached hydrogens (tertiary/aromatic N) is 3. The summed E-state index contributed by atoms with van der Waals surface area (Å²) in [5, 5.41) is 0. The second kappa shape index (κ2) is 7.70. The summed E-state index contributed by atoms with van der Waals surface area (Å²) in [4.78, 5) is 26.8. The van der Waals surface area contributed by atoms with Crippen LogP contribution in [-0.2, 0) is 9.47 Å². The molecule has 1 N–H and O–H groups in total. The maximum absolute atomic E-state index is 12.3. The fourth-order valence-corrected chi connectivity index (χ4v) is 4.10. The molecular weight excluding hydrogens is 356 g/mol. The van der Waals surface area contributed by atoms with Gasteiger partial charge in [-0.05, 0) is 70.4 Å². The van der Waals surface area contributed by atoms with Crippen LogP contribution in [0.5, 0.6) is 0 Å². The molecule has 0 radical (unpaired) electrons. The van der Waals surface area contributed by atoms with Crippen LogP contribution in [0.4, 0.5) is 4.79 Å². The first kappa shape index (κ1) is 19.2. The lowest BCUT2D eigenvalue weighted by Gasteiger charge is -2.33. The number of hydrogen-bond acceptors (Lipinski definition) is 5. The maximum Gasteiger partial charge on any atom is 0.410 e. The van der Waals surface area contributed by atoms with E-state index in [1.54, 1.807) is 0 Å². The molecule has 2 aliphatic heterocycles. The molecule has 2 aromatic rings. The van der Waals surface area contributed by atoms with Gasteiger partial charge in [-0.25, -0.2) is 14.8 Å². The van der Waals surface area contributed by atoms with Gasteiger partial charge in [0.25, 0.3) is 0 Å². The van der Waals surface area contributed by atoms with E-state index in [1.165, 1.54) is 12.0 Å². The van der Waals surface area contributed by atoms with Gasteiger partial charge in [0.05, 0.1) is 5.52 Å². The van der Waals surface area contributed by atoms with E-state index in [2.05, 4.69) is 16.0 Å². The van der Waals surface area contributed by atoms with Gasteiger partial charge in [0, 0.05) is 25.9 Å². The van der Waals surface area contributed by atoms with E-state index in [4.69, 9.17) is 14.5 Å². The zero-order valence-electron chi connectivity index (χ0n) is 17.0. The minimum atomic E-state index is -0.460. The predicted octanol–water partition coefficient (Wildman–Crippen LogP) is 4.31. The van der Waals surface area contributed by atoms with Crippen LogP contribution in [0.2, 0.25) is 0 Å². The number of rotatable bonds is 2. The molecule has 4 heterocycles. The first-order chi connectivity index (χ1) is 13.4. The van der Waals surface area contributed by atoms with Crippen LogP contribution in [0, 0.1) is 0 Å². The van der Waals surface area contributed by atoms with Gasteiger partial charge in [-0.15, -0.1) is 0 Å². The molecular formula is C21H30N4O3. The van der Waals surface area contributed by atoms with Crippen LogP contribution in [0.1, 0.15) is 76.3 Å². The Morgan fingerprint density at radius 1 is 1.25 bits per heavy atom. The van der Waals surface area contributed by atoms with Gasteiger partial charge in [-0.3, -0.25) is 0 Å². The number of piperidine rings is 1. The summed E-state index contributed by atoms with van der Waals surface area (Å²) in [6.45, 7) is 7.91. The van der Waals surface area contributed by atoms with Crippen LogP contribution < -0.4 is 0 Å². The van der Waals surface area contributed by atoms with Crippen molar-refractivity contribution in [2.45, 2.75) is 70.5 Å². The molecule has 0 saturated carbocycles. The minimum Gasteiger partial charge on any atom is -0.444 e. The topological polar surface area (TPSA) is 80.3 Å². The SMILES string of the molecule is CC(C)(C)OC(=O)N1CCC(c2ccnc3nc(C4CCCCO4)[nH]c23)CC1. The third kappa shape index (κ3) is 4.14. The number of aromatic amines is 1. The summed E-state index contributed by atoms with van der Waals surface area (Å²) in [6.07, 6.45) is 6.78. The van der Waals surface area contributed by atoms with E-state index in [0.29, 0.717) is 19.0 Å². The summed E-state index contributed by atoms with van der Waals surface area (Å²) in [5.41, 5.74) is 2.56. The molecule has 2 aromatic heterocycles. The third-order valence-electron chi connectivity index (χ3n) is 5.51. The van der Waals surface area contributed by atoms with Crippen molar-refractivity contribution in [1.29, 1.82) is 0 Å². The number of nitrogens with one attached hydrogen (secondary N) is 1. The monoisotopic (exact) mass is 386 g/mol. The Balaban J connectivity index is 1.47. The quantitative estimate of drug-likeness (QED) is 0.832. The molecule has 2 aliphatic rings. The van der Waals surface area contributed by atoms with Gasteiger partial charge >= 0.3 is 6.09 Å². The first-order valence-corrected chi connectivity index (χ1v) is 10.3. The fourth-order valence-electron chi connectivity index (χ4n) is 4.10. The zero-order chi connectivity index (χ0) is 19.7. The predicted molar refractivity (Wildman–Crippen MR) is 106 cm³/mol. The molecule has 0 aromatic carbocycles. The van der Waals surface area contributed by atoms with E-state index in [0.717, 1.165) is 49.3 Å². The normalized spacial score (nSPS) is 21.8. The Bertz CT molecular complexity index is 828. The van der Waals surface area contributed by atoms with Crippen molar-refractivity contribution in [2.75, 3.05) is 19.7 Å². The summed E-state index contributed by atoms with van der Waals surface area (Å²) in [6, 6.07) is 2.08. The smallest absolute Gasteiger partial charge is 0.410 e. The van der Waals surface area contributed by atoms with Crippen LogP contribution in [0.25, 0.3) is 11.2 Å². The second-order valence-corrected chi connectivity index (χ2v) is 8.82. The number of amides is 1. The largest absolute Gasteiger partial charge is 0.444 e. The molecule has 0 aliphatic carbocycles. The highest BCUT2D eigenvalue weighted by Crippen LogP contribution is 2.34. The zero-order valence-corrected chi connectivity index (χ0v) is 17.0. The maximum atomic E-state index is 12.3. The number of H-pyrrole nitrogens is 1. The van der Waals surface area contributed by atoms with Gasteiger partial charge in [0.15, 0.2) is 5.65 Å². The summed E-state index contributed by atoms with van der Waals surface area (Å²) in [7, 11) is 0. The summed E-state index contributed by atoms with van der Waals surface area (Å²) in [5.74, 6) is 1.27. The minimum absolute atomic E-state index is 0.0461. The molecule has 2 fully saturated rings. The van der Waals surface area contributed by atoms with E-state index in [9.17, 15) is 4.79 Å². The van der Waals surface area contributed by atoms with Crippen molar-refractivity contribution < 1.29 is 14.3 Å². The Labute approximate surface area is 165 Å². The average Bonchev–Trinajstić information content (AvgIpc) is 3.12. The molecule has 28 heavy (non-hydrogen) atoms. The molecule has 2 saturated heterocycles. The molecule has 1 unspecified atom stereocenters. The molecule has 7 heteroatoms. The van der Waals surface area contributed by atoms with Crippen molar-refractivity contribution >= 4 is 17.3 Å². The lowest BCUT2D eigenvalue weighted by Crippen LogP contribution is -2.41. The fraction of sp³-hybridized carbons (Fsp3) is 0.667. The Hall–Kier alpha value is -2.15. The van der Waals surface area contributed by atoms with Gasteiger partial charge in [0.2, 0.25) is 0 Å². The molecule has 1 amide bonds. The standard InChI is InChI=1S/C21H30N4O3/c1-21(2,3)28-20(26)25-11-8-14(9-12-25)15-7-10-22-19-17(15)23-18(24-19)16-6-4-5-13-27-16/h7,10,14,16H,4-6,8-9,11-13H2,1-3H3,(H,22,23,24). The van der Waals surface area contributed by atoms with Crippen LogP contribution in [0.15, 0.2) is 12.3 Å². The van der Waals surface area contributed by atoms with Crippen LogP contribution >= 0.6 is 0 Å². The number of aromatic nitrogens is 3. The third-order valence-corrected chi connectivity index (χ3v) is 5.51. The van der Waals surface area contributed by atoms with Crippen molar-refractivity contribution in [1.82, 2.24) is 19.9 Å². The lowest BCUT2D eigenvalue weighted by molar-refractivity contribution is 0.0101. The van der Waals surface area contributed by atoms with Crippen molar-refractivity contribution in [3.8, 4) is 0 Å². The van der Waals surface area contributed by atoms with E-state index >= 15 is 0 Å². The highest BCUT2D eigenvalue weighted by molar-refractivity contribution is 5.75. The highest BCUT2D eigenvalue weighted by Gasteiger charge is 2.29. The van der Waals surface area contributed by atoms with Crippen LogP contribution in [0.3, 0.4) is 0 Å². The van der Waals surface area contributed by atoms with Gasteiger partial charge in [-0.1, -0.05) is 0 Å². The second-order valence-electron chi connectivity index (χ2n) is 8.82. The van der Waals surface area contributed by atoms with Crippen molar-refractivity contribution in [3.05, 3.63) is 23.7 Å². The Kier molecular flexibility index (Phi) is 5.27. The van der Waals surface area contributed by atoms with Gasteiger partial charge in [-0.2, -0.15) is 0 Å².